The lowest BCUT2D eigenvalue weighted by atomic mass is 10.1. The predicted octanol–water partition coefficient (Wildman–Crippen LogP) is 4.54. The highest BCUT2D eigenvalue weighted by Gasteiger charge is 2.21. The number of aromatic nitrogens is 3. The molecule has 25 heavy (non-hydrogen) atoms. The molecule has 1 aliphatic rings. The number of aryl methyl sites for hydroxylation is 2. The van der Waals surface area contributed by atoms with Crippen LogP contribution in [-0.4, -0.2) is 28.2 Å². The lowest BCUT2D eigenvalue weighted by Crippen LogP contribution is -2.30. The molecule has 0 spiro atoms. The van der Waals surface area contributed by atoms with Crippen molar-refractivity contribution in [1.29, 1.82) is 0 Å². The molecule has 0 atom stereocenters. The van der Waals surface area contributed by atoms with Gasteiger partial charge in [-0.3, -0.25) is 0 Å². The molecule has 1 saturated heterocycles. The Balaban J connectivity index is 1.87. The van der Waals surface area contributed by atoms with Gasteiger partial charge in [0.15, 0.2) is 0 Å². The third-order valence-corrected chi connectivity index (χ3v) is 4.86. The zero-order chi connectivity index (χ0) is 17.2. The summed E-state index contributed by atoms with van der Waals surface area (Å²) in [6.45, 7) is 6.31. The van der Waals surface area contributed by atoms with Crippen LogP contribution in [0.3, 0.4) is 0 Å². The van der Waals surface area contributed by atoms with E-state index in [1.165, 1.54) is 24.8 Å². The topological polar surface area (TPSA) is 55.1 Å². The molecule has 0 aliphatic carbocycles. The van der Waals surface area contributed by atoms with E-state index in [1.54, 1.807) is 0 Å². The van der Waals surface area contributed by atoms with Crippen molar-refractivity contribution < 1.29 is 4.52 Å². The summed E-state index contributed by atoms with van der Waals surface area (Å²) in [7, 11) is 0. The van der Waals surface area contributed by atoms with Crippen LogP contribution in [0.1, 0.15) is 44.1 Å². The molecule has 5 heteroatoms. The van der Waals surface area contributed by atoms with Gasteiger partial charge in [-0.15, -0.1) is 0 Å². The molecule has 130 valence electrons. The van der Waals surface area contributed by atoms with Crippen molar-refractivity contribution in [1.82, 2.24) is 15.1 Å². The molecule has 0 bridgehead atoms. The average molecular weight is 336 g/mol. The van der Waals surface area contributed by atoms with Gasteiger partial charge in [-0.25, -0.2) is 4.98 Å². The Morgan fingerprint density at radius 3 is 2.76 bits per heavy atom. The fraction of sp³-hybridized carbons (Fsp3) is 0.450. The minimum Gasteiger partial charge on any atom is -0.356 e. The largest absolute Gasteiger partial charge is 0.356 e. The lowest BCUT2D eigenvalue weighted by Gasteiger charge is -2.29. The molecule has 0 unspecified atom stereocenters. The summed E-state index contributed by atoms with van der Waals surface area (Å²) < 4.78 is 5.43. The van der Waals surface area contributed by atoms with E-state index >= 15 is 0 Å². The van der Waals surface area contributed by atoms with Gasteiger partial charge in [0.25, 0.3) is 0 Å². The van der Waals surface area contributed by atoms with Crippen molar-refractivity contribution in [3.05, 3.63) is 35.7 Å². The third-order valence-electron chi connectivity index (χ3n) is 4.86. The summed E-state index contributed by atoms with van der Waals surface area (Å²) in [6, 6.07) is 8.46. The number of rotatable bonds is 4. The summed E-state index contributed by atoms with van der Waals surface area (Å²) in [4.78, 5) is 12.0. The first-order valence-corrected chi connectivity index (χ1v) is 9.24. The molecule has 0 saturated carbocycles. The van der Waals surface area contributed by atoms with Crippen LogP contribution in [0.25, 0.3) is 22.3 Å². The number of pyridine rings is 1. The normalized spacial score (nSPS) is 15.0. The van der Waals surface area contributed by atoms with Crippen LogP contribution in [0.2, 0.25) is 0 Å². The number of nitrogens with zero attached hydrogens (tertiary/aromatic N) is 4. The van der Waals surface area contributed by atoms with E-state index in [0.29, 0.717) is 11.7 Å². The Hall–Kier alpha value is -2.43. The van der Waals surface area contributed by atoms with Crippen molar-refractivity contribution in [2.75, 3.05) is 18.0 Å². The Morgan fingerprint density at radius 2 is 1.96 bits per heavy atom. The van der Waals surface area contributed by atoms with E-state index in [4.69, 9.17) is 9.51 Å². The first-order valence-electron chi connectivity index (χ1n) is 9.24. The van der Waals surface area contributed by atoms with Crippen LogP contribution in [-0.2, 0) is 6.42 Å². The second-order valence-electron chi connectivity index (χ2n) is 6.82. The minimum absolute atomic E-state index is 0.653. The Morgan fingerprint density at radius 1 is 1.12 bits per heavy atom. The summed E-state index contributed by atoms with van der Waals surface area (Å²) in [5.41, 5.74) is 3.23. The van der Waals surface area contributed by atoms with Gasteiger partial charge in [-0.2, -0.15) is 4.98 Å². The fourth-order valence-corrected chi connectivity index (χ4v) is 3.53. The highest BCUT2D eigenvalue weighted by Crippen LogP contribution is 2.33. The molecule has 0 amide bonds. The Bertz CT molecular complexity index is 881. The highest BCUT2D eigenvalue weighted by molar-refractivity contribution is 5.90. The maximum absolute atomic E-state index is 5.43. The molecule has 3 heterocycles. The number of hydrogen-bond donors (Lipinski definition) is 0. The SMILES string of the molecule is CCCc1nc(-c2cc3cccc(C)c3nc2N2CCCCC2)no1. The molecule has 3 aromatic rings. The molecule has 1 fully saturated rings. The van der Waals surface area contributed by atoms with Gasteiger partial charge in [0, 0.05) is 24.9 Å². The number of fused-ring (bicyclic) bond motifs is 1. The van der Waals surface area contributed by atoms with E-state index in [1.807, 2.05) is 0 Å². The molecule has 5 nitrogen and oxygen atoms in total. The van der Waals surface area contributed by atoms with Crippen molar-refractivity contribution in [2.24, 2.45) is 0 Å². The summed E-state index contributed by atoms with van der Waals surface area (Å²) in [6.07, 6.45) is 5.52. The van der Waals surface area contributed by atoms with Crippen LogP contribution in [0, 0.1) is 6.92 Å². The van der Waals surface area contributed by atoms with Crippen LogP contribution >= 0.6 is 0 Å². The molecule has 0 radical (unpaired) electrons. The van der Waals surface area contributed by atoms with E-state index in [9.17, 15) is 0 Å². The zero-order valence-corrected chi connectivity index (χ0v) is 15.0. The Labute approximate surface area is 148 Å². The van der Waals surface area contributed by atoms with E-state index in [2.05, 4.69) is 53.2 Å². The second-order valence-corrected chi connectivity index (χ2v) is 6.82. The number of piperidine rings is 1. The van der Waals surface area contributed by atoms with Crippen LogP contribution < -0.4 is 4.90 Å². The molecule has 1 aromatic carbocycles. The molecular formula is C20H24N4O. The van der Waals surface area contributed by atoms with Gasteiger partial charge in [0.1, 0.15) is 5.82 Å². The first kappa shape index (κ1) is 16.1. The van der Waals surface area contributed by atoms with Gasteiger partial charge < -0.3 is 9.42 Å². The number of anilines is 1. The van der Waals surface area contributed by atoms with E-state index in [0.717, 1.165) is 48.2 Å². The number of para-hydroxylation sites is 1. The first-order chi connectivity index (χ1) is 12.3. The summed E-state index contributed by atoms with van der Waals surface area (Å²) >= 11 is 0. The zero-order valence-electron chi connectivity index (χ0n) is 15.0. The fourth-order valence-electron chi connectivity index (χ4n) is 3.53. The molecule has 4 rings (SSSR count). The van der Waals surface area contributed by atoms with E-state index < -0.39 is 0 Å². The standard InChI is InChI=1S/C20H24N4O/c1-3-8-17-21-19(23-25-17)16-13-15-10-7-9-14(2)18(15)22-20(16)24-11-5-4-6-12-24/h7,9-10,13H,3-6,8,11-12H2,1-2H3. The molecule has 2 aromatic heterocycles. The average Bonchev–Trinajstić information content (AvgIpc) is 3.11. The Kier molecular flexibility index (Phi) is 4.38. The van der Waals surface area contributed by atoms with Crippen LogP contribution in [0.15, 0.2) is 28.8 Å². The van der Waals surface area contributed by atoms with Gasteiger partial charge in [0.2, 0.25) is 11.7 Å². The quantitative estimate of drug-likeness (QED) is 0.700. The van der Waals surface area contributed by atoms with E-state index in [-0.39, 0.29) is 0 Å². The van der Waals surface area contributed by atoms with Crippen LogP contribution in [0.4, 0.5) is 5.82 Å². The predicted molar refractivity (Wildman–Crippen MR) is 99.8 cm³/mol. The van der Waals surface area contributed by atoms with Gasteiger partial charge in [-0.1, -0.05) is 30.3 Å². The summed E-state index contributed by atoms with van der Waals surface area (Å²) in [5, 5.41) is 5.36. The second kappa shape index (κ2) is 6.82. The monoisotopic (exact) mass is 336 g/mol. The maximum atomic E-state index is 5.43. The van der Waals surface area contributed by atoms with Crippen molar-refractivity contribution in [2.45, 2.75) is 46.0 Å². The lowest BCUT2D eigenvalue weighted by molar-refractivity contribution is 0.378. The van der Waals surface area contributed by atoms with Crippen LogP contribution in [0.5, 0.6) is 0 Å². The molecule has 0 N–H and O–H groups in total. The van der Waals surface area contributed by atoms with Crippen molar-refractivity contribution in [3.8, 4) is 11.4 Å². The number of hydrogen-bond acceptors (Lipinski definition) is 5. The van der Waals surface area contributed by atoms with Crippen molar-refractivity contribution in [3.63, 3.8) is 0 Å². The van der Waals surface area contributed by atoms with Crippen molar-refractivity contribution >= 4 is 16.7 Å². The van der Waals surface area contributed by atoms with Gasteiger partial charge in [-0.05, 0) is 44.2 Å². The number of benzene rings is 1. The minimum atomic E-state index is 0.653. The third kappa shape index (κ3) is 3.11. The van der Waals surface area contributed by atoms with Gasteiger partial charge in [0.05, 0.1) is 11.1 Å². The molecule has 1 aliphatic heterocycles. The highest BCUT2D eigenvalue weighted by atomic mass is 16.5. The van der Waals surface area contributed by atoms with Gasteiger partial charge >= 0.3 is 0 Å². The molecular weight excluding hydrogens is 312 g/mol. The smallest absolute Gasteiger partial charge is 0.226 e. The maximum Gasteiger partial charge on any atom is 0.226 e. The summed E-state index contributed by atoms with van der Waals surface area (Å²) in [5.74, 6) is 2.34.